The van der Waals surface area contributed by atoms with Gasteiger partial charge < -0.3 is 19.9 Å². The van der Waals surface area contributed by atoms with Gasteiger partial charge in [0.05, 0.1) is 12.7 Å². The molecule has 0 aliphatic carbocycles. The molecular weight excluding hydrogens is 354 g/mol. The van der Waals surface area contributed by atoms with E-state index in [-0.39, 0.29) is 17.9 Å². The molecule has 6 heteroatoms. The number of benzene rings is 2. The monoisotopic (exact) mass is 381 g/mol. The van der Waals surface area contributed by atoms with Gasteiger partial charge in [0, 0.05) is 32.7 Å². The van der Waals surface area contributed by atoms with Gasteiger partial charge in [0.2, 0.25) is 0 Å². The van der Waals surface area contributed by atoms with Crippen molar-refractivity contribution in [3.63, 3.8) is 0 Å². The van der Waals surface area contributed by atoms with Gasteiger partial charge in [0.15, 0.2) is 0 Å². The number of methoxy groups -OCH3 is 1. The number of hydrogen-bond donors (Lipinski definition) is 1. The molecule has 1 fully saturated rings. The average molecular weight is 381 g/mol. The third kappa shape index (κ3) is 4.63. The van der Waals surface area contributed by atoms with Gasteiger partial charge in [0.1, 0.15) is 5.75 Å². The molecule has 1 atom stereocenters. The Labute approximate surface area is 166 Å². The molecule has 0 radical (unpaired) electrons. The van der Waals surface area contributed by atoms with Gasteiger partial charge in [-0.2, -0.15) is 0 Å². The SMILES string of the molecule is COc1ccccc1C(=O)N1CCN(C(=O)NCC(C)c2ccccc2)CC1. The van der Waals surface area contributed by atoms with Crippen LogP contribution in [0.4, 0.5) is 4.79 Å². The van der Waals surface area contributed by atoms with Crippen molar-refractivity contribution >= 4 is 11.9 Å². The van der Waals surface area contributed by atoms with E-state index in [1.807, 2.05) is 30.3 Å². The van der Waals surface area contributed by atoms with Crippen LogP contribution in [0.5, 0.6) is 5.75 Å². The Kier molecular flexibility index (Phi) is 6.53. The van der Waals surface area contributed by atoms with Crippen LogP contribution in [0, 0.1) is 0 Å². The predicted molar refractivity (Wildman–Crippen MR) is 109 cm³/mol. The summed E-state index contributed by atoms with van der Waals surface area (Å²) in [7, 11) is 1.56. The van der Waals surface area contributed by atoms with Crippen LogP contribution in [-0.4, -0.2) is 61.6 Å². The molecule has 1 saturated heterocycles. The van der Waals surface area contributed by atoms with Crippen molar-refractivity contribution in [2.75, 3.05) is 39.8 Å². The Morgan fingerprint density at radius 1 is 0.964 bits per heavy atom. The number of rotatable bonds is 5. The molecule has 0 aromatic heterocycles. The number of para-hydroxylation sites is 1. The highest BCUT2D eigenvalue weighted by atomic mass is 16.5. The summed E-state index contributed by atoms with van der Waals surface area (Å²) in [6.45, 7) is 4.75. The second-order valence-corrected chi connectivity index (χ2v) is 6.98. The molecule has 0 saturated carbocycles. The molecule has 2 aromatic carbocycles. The van der Waals surface area contributed by atoms with E-state index in [2.05, 4.69) is 24.4 Å². The highest BCUT2D eigenvalue weighted by Crippen LogP contribution is 2.20. The largest absolute Gasteiger partial charge is 0.496 e. The first kappa shape index (κ1) is 19.7. The molecule has 148 valence electrons. The van der Waals surface area contributed by atoms with E-state index in [1.54, 1.807) is 29.0 Å². The van der Waals surface area contributed by atoms with E-state index < -0.39 is 0 Å². The zero-order valence-electron chi connectivity index (χ0n) is 16.4. The lowest BCUT2D eigenvalue weighted by atomic mass is 10.0. The van der Waals surface area contributed by atoms with Crippen LogP contribution in [0.2, 0.25) is 0 Å². The van der Waals surface area contributed by atoms with E-state index in [4.69, 9.17) is 4.74 Å². The molecule has 6 nitrogen and oxygen atoms in total. The number of urea groups is 1. The standard InChI is InChI=1S/C22H27N3O3/c1-17(18-8-4-3-5-9-18)16-23-22(27)25-14-12-24(13-15-25)21(26)19-10-6-7-11-20(19)28-2/h3-11,17H,12-16H2,1-2H3,(H,23,27). The van der Waals surface area contributed by atoms with Gasteiger partial charge in [0.25, 0.3) is 5.91 Å². The Hall–Kier alpha value is -3.02. The Morgan fingerprint density at radius 3 is 2.25 bits per heavy atom. The smallest absolute Gasteiger partial charge is 0.317 e. The van der Waals surface area contributed by atoms with Crippen LogP contribution in [0.15, 0.2) is 54.6 Å². The van der Waals surface area contributed by atoms with Crippen LogP contribution in [-0.2, 0) is 0 Å². The number of ether oxygens (including phenoxy) is 1. The van der Waals surface area contributed by atoms with Crippen molar-refractivity contribution in [2.45, 2.75) is 12.8 Å². The second kappa shape index (κ2) is 9.26. The summed E-state index contributed by atoms with van der Waals surface area (Å²) < 4.78 is 5.29. The lowest BCUT2D eigenvalue weighted by molar-refractivity contribution is 0.0661. The van der Waals surface area contributed by atoms with Gasteiger partial charge in [-0.1, -0.05) is 49.4 Å². The highest BCUT2D eigenvalue weighted by molar-refractivity contribution is 5.97. The normalized spacial score (nSPS) is 15.1. The summed E-state index contributed by atoms with van der Waals surface area (Å²) >= 11 is 0. The molecule has 3 amide bonds. The topological polar surface area (TPSA) is 61.9 Å². The maximum atomic E-state index is 12.8. The van der Waals surface area contributed by atoms with Gasteiger partial charge in [-0.25, -0.2) is 4.79 Å². The lowest BCUT2D eigenvalue weighted by Gasteiger charge is -2.35. The van der Waals surface area contributed by atoms with Gasteiger partial charge in [-0.15, -0.1) is 0 Å². The number of hydrogen-bond acceptors (Lipinski definition) is 3. The molecule has 3 rings (SSSR count). The number of piperazine rings is 1. The maximum Gasteiger partial charge on any atom is 0.317 e. The van der Waals surface area contributed by atoms with E-state index >= 15 is 0 Å². The fourth-order valence-corrected chi connectivity index (χ4v) is 3.36. The van der Waals surface area contributed by atoms with Gasteiger partial charge in [-0.05, 0) is 23.6 Å². The van der Waals surface area contributed by atoms with Crippen molar-refractivity contribution in [1.82, 2.24) is 15.1 Å². The molecule has 1 aliphatic heterocycles. The third-order valence-corrected chi connectivity index (χ3v) is 5.12. The molecule has 1 aliphatic rings. The minimum absolute atomic E-state index is 0.0600. The number of nitrogens with zero attached hydrogens (tertiary/aromatic N) is 2. The zero-order chi connectivity index (χ0) is 19.9. The quantitative estimate of drug-likeness (QED) is 0.866. The summed E-state index contributed by atoms with van der Waals surface area (Å²) in [6.07, 6.45) is 0. The molecular formula is C22H27N3O3. The average Bonchev–Trinajstić information content (AvgIpc) is 2.77. The molecule has 1 N–H and O–H groups in total. The third-order valence-electron chi connectivity index (χ3n) is 5.12. The van der Waals surface area contributed by atoms with Crippen molar-refractivity contribution in [1.29, 1.82) is 0 Å². The number of nitrogens with one attached hydrogen (secondary N) is 1. The minimum atomic E-state index is -0.0767. The fraction of sp³-hybridized carbons (Fsp3) is 0.364. The Balaban J connectivity index is 1.49. The van der Waals surface area contributed by atoms with Crippen molar-refractivity contribution < 1.29 is 14.3 Å². The van der Waals surface area contributed by atoms with Crippen LogP contribution in [0.3, 0.4) is 0 Å². The Morgan fingerprint density at radius 2 is 1.57 bits per heavy atom. The summed E-state index contributed by atoms with van der Waals surface area (Å²) in [6, 6.07) is 17.3. The predicted octanol–water partition coefficient (Wildman–Crippen LogP) is 2.97. The van der Waals surface area contributed by atoms with Crippen molar-refractivity contribution in [2.24, 2.45) is 0 Å². The molecule has 2 aromatic rings. The van der Waals surface area contributed by atoms with Crippen molar-refractivity contribution in [3.8, 4) is 5.75 Å². The summed E-state index contributed by atoms with van der Waals surface area (Å²) in [4.78, 5) is 28.8. The first-order valence-electron chi connectivity index (χ1n) is 9.60. The van der Waals surface area contributed by atoms with Gasteiger partial charge >= 0.3 is 6.03 Å². The van der Waals surface area contributed by atoms with Crippen LogP contribution in [0.25, 0.3) is 0 Å². The molecule has 0 spiro atoms. The van der Waals surface area contributed by atoms with Crippen LogP contribution in [0.1, 0.15) is 28.8 Å². The number of carbonyl (C=O) groups excluding carboxylic acids is 2. The van der Waals surface area contributed by atoms with Crippen LogP contribution >= 0.6 is 0 Å². The van der Waals surface area contributed by atoms with Crippen molar-refractivity contribution in [3.05, 3.63) is 65.7 Å². The number of amides is 3. The van der Waals surface area contributed by atoms with E-state index in [0.717, 1.165) is 0 Å². The summed E-state index contributed by atoms with van der Waals surface area (Å²) in [5.41, 5.74) is 1.76. The zero-order valence-corrected chi connectivity index (χ0v) is 16.4. The first-order chi connectivity index (χ1) is 13.6. The summed E-state index contributed by atoms with van der Waals surface area (Å²) in [5.74, 6) is 0.761. The van der Waals surface area contributed by atoms with E-state index in [1.165, 1.54) is 5.56 Å². The minimum Gasteiger partial charge on any atom is -0.496 e. The number of carbonyl (C=O) groups is 2. The Bertz CT molecular complexity index is 802. The van der Waals surface area contributed by atoms with Crippen LogP contribution < -0.4 is 10.1 Å². The van der Waals surface area contributed by atoms with E-state index in [9.17, 15) is 9.59 Å². The molecule has 1 heterocycles. The van der Waals surface area contributed by atoms with E-state index in [0.29, 0.717) is 44.0 Å². The maximum absolute atomic E-state index is 12.8. The lowest BCUT2D eigenvalue weighted by Crippen LogP contribution is -2.53. The van der Waals surface area contributed by atoms with Gasteiger partial charge in [-0.3, -0.25) is 4.79 Å². The second-order valence-electron chi connectivity index (χ2n) is 6.98. The molecule has 28 heavy (non-hydrogen) atoms. The first-order valence-corrected chi connectivity index (χ1v) is 9.60. The summed E-state index contributed by atoms with van der Waals surface area (Å²) in [5, 5.41) is 3.01. The molecule has 0 bridgehead atoms. The fourth-order valence-electron chi connectivity index (χ4n) is 3.36. The molecule has 1 unspecified atom stereocenters. The highest BCUT2D eigenvalue weighted by Gasteiger charge is 2.26.